The lowest BCUT2D eigenvalue weighted by Gasteiger charge is -2.35. The van der Waals surface area contributed by atoms with Gasteiger partial charge in [-0.25, -0.2) is 0 Å². The predicted octanol–water partition coefficient (Wildman–Crippen LogP) is 5.37. The van der Waals surface area contributed by atoms with Crippen LogP contribution in [0.2, 0.25) is 0 Å². The largest absolute Gasteiger partial charge is 0.391 e. The second-order valence-corrected chi connectivity index (χ2v) is 10.0. The number of thioether (sulfide) groups is 1. The van der Waals surface area contributed by atoms with Crippen molar-refractivity contribution in [3.05, 3.63) is 102 Å². The van der Waals surface area contributed by atoms with Crippen molar-refractivity contribution in [1.82, 2.24) is 9.80 Å². The number of aliphatic hydroxyl groups excluding tert-OH is 1. The van der Waals surface area contributed by atoms with Crippen LogP contribution >= 0.6 is 11.8 Å². The lowest BCUT2D eigenvalue weighted by molar-refractivity contribution is 0.0819. The summed E-state index contributed by atoms with van der Waals surface area (Å²) in [6.07, 6.45) is 2.09. The van der Waals surface area contributed by atoms with Gasteiger partial charge < -0.3 is 10.0 Å². The standard InChI is InChI=1S/C29H36N2OS/c32-27(24-33-28-15-8-3-9-16-28)23-31-21-19-30(20-22-31)18-10-17-29(25-11-4-1-5-12-25)26-13-6-2-7-14-26/h1-9,11-16,27,29,32H,10,17-24H2/t27-/m1/s1. The van der Waals surface area contributed by atoms with E-state index < -0.39 is 0 Å². The number of aliphatic hydroxyl groups is 1. The van der Waals surface area contributed by atoms with E-state index in [1.54, 1.807) is 11.8 Å². The second-order valence-electron chi connectivity index (χ2n) is 8.94. The molecule has 1 heterocycles. The van der Waals surface area contributed by atoms with E-state index in [1.165, 1.54) is 28.9 Å². The van der Waals surface area contributed by atoms with Crippen molar-refractivity contribution in [2.24, 2.45) is 0 Å². The van der Waals surface area contributed by atoms with Gasteiger partial charge in [-0.2, -0.15) is 0 Å². The summed E-state index contributed by atoms with van der Waals surface area (Å²) in [5, 5.41) is 10.5. The SMILES string of the molecule is O[C@@H](CSc1ccccc1)CN1CCN(CCCC(c2ccccc2)c2ccccc2)CC1. The van der Waals surface area contributed by atoms with Gasteiger partial charge in [-0.05, 0) is 42.6 Å². The molecule has 0 radical (unpaired) electrons. The molecule has 1 fully saturated rings. The van der Waals surface area contributed by atoms with Gasteiger partial charge in [0.05, 0.1) is 6.10 Å². The highest BCUT2D eigenvalue weighted by atomic mass is 32.2. The van der Waals surface area contributed by atoms with Gasteiger partial charge in [0, 0.05) is 49.3 Å². The summed E-state index contributed by atoms with van der Waals surface area (Å²) in [7, 11) is 0. The fraction of sp³-hybridized carbons (Fsp3) is 0.379. The molecule has 0 aromatic heterocycles. The van der Waals surface area contributed by atoms with E-state index in [-0.39, 0.29) is 6.10 Å². The summed E-state index contributed by atoms with van der Waals surface area (Å²) in [6, 6.07) is 32.2. The lowest BCUT2D eigenvalue weighted by Crippen LogP contribution is -2.49. The zero-order valence-corrected chi connectivity index (χ0v) is 20.2. The molecule has 1 aliphatic heterocycles. The van der Waals surface area contributed by atoms with E-state index in [0.29, 0.717) is 5.92 Å². The molecule has 3 aromatic rings. The Hall–Kier alpha value is -2.11. The van der Waals surface area contributed by atoms with Gasteiger partial charge in [-0.1, -0.05) is 78.9 Å². The van der Waals surface area contributed by atoms with Gasteiger partial charge in [-0.3, -0.25) is 4.90 Å². The van der Waals surface area contributed by atoms with Crippen LogP contribution in [0, 0.1) is 0 Å². The molecule has 3 aromatic carbocycles. The lowest BCUT2D eigenvalue weighted by atomic mass is 9.87. The molecule has 0 saturated carbocycles. The molecule has 0 aliphatic carbocycles. The highest BCUT2D eigenvalue weighted by molar-refractivity contribution is 7.99. The number of hydrogen-bond acceptors (Lipinski definition) is 4. The minimum atomic E-state index is -0.278. The number of rotatable bonds is 11. The van der Waals surface area contributed by atoms with Gasteiger partial charge in [0.1, 0.15) is 0 Å². The first-order valence-electron chi connectivity index (χ1n) is 12.2. The van der Waals surface area contributed by atoms with Gasteiger partial charge in [0.15, 0.2) is 0 Å². The maximum Gasteiger partial charge on any atom is 0.0760 e. The van der Waals surface area contributed by atoms with Crippen LogP contribution in [-0.4, -0.2) is 66.0 Å². The van der Waals surface area contributed by atoms with Crippen LogP contribution in [0.1, 0.15) is 29.9 Å². The molecule has 174 valence electrons. The average molecular weight is 461 g/mol. The van der Waals surface area contributed by atoms with Crippen LogP contribution in [0.5, 0.6) is 0 Å². The van der Waals surface area contributed by atoms with Crippen molar-refractivity contribution in [3.63, 3.8) is 0 Å². The van der Waals surface area contributed by atoms with E-state index in [1.807, 2.05) is 6.07 Å². The third kappa shape index (κ3) is 7.72. The molecule has 0 spiro atoms. The van der Waals surface area contributed by atoms with Gasteiger partial charge in [0.25, 0.3) is 0 Å². The van der Waals surface area contributed by atoms with Crippen molar-refractivity contribution < 1.29 is 5.11 Å². The van der Waals surface area contributed by atoms with Crippen LogP contribution < -0.4 is 0 Å². The third-order valence-corrected chi connectivity index (χ3v) is 7.65. The Bertz CT molecular complexity index is 875. The average Bonchev–Trinajstić information content (AvgIpc) is 2.88. The molecule has 0 bridgehead atoms. The molecule has 4 heteroatoms. The number of benzene rings is 3. The van der Waals surface area contributed by atoms with Crippen LogP contribution in [0.25, 0.3) is 0 Å². The Morgan fingerprint density at radius 1 is 0.697 bits per heavy atom. The maximum absolute atomic E-state index is 10.5. The molecule has 1 N–H and O–H groups in total. The van der Waals surface area contributed by atoms with E-state index in [2.05, 4.69) is 94.7 Å². The fourth-order valence-corrected chi connectivity index (χ4v) is 5.51. The highest BCUT2D eigenvalue weighted by Crippen LogP contribution is 2.29. The first-order chi connectivity index (χ1) is 16.3. The topological polar surface area (TPSA) is 26.7 Å². The van der Waals surface area contributed by atoms with Crippen LogP contribution in [0.3, 0.4) is 0 Å². The molecule has 0 amide bonds. The minimum Gasteiger partial charge on any atom is -0.391 e. The Labute approximate surface area is 203 Å². The number of β-amino-alcohol motifs (C(OH)–C–C–N with tert-alkyl or cyclic N) is 1. The zero-order valence-electron chi connectivity index (χ0n) is 19.4. The predicted molar refractivity (Wildman–Crippen MR) is 140 cm³/mol. The van der Waals surface area contributed by atoms with Crippen LogP contribution in [0.4, 0.5) is 0 Å². The molecule has 1 saturated heterocycles. The molecule has 3 nitrogen and oxygen atoms in total. The molecule has 33 heavy (non-hydrogen) atoms. The molecule has 4 rings (SSSR count). The number of hydrogen-bond donors (Lipinski definition) is 1. The minimum absolute atomic E-state index is 0.278. The molecule has 1 atom stereocenters. The summed E-state index contributed by atoms with van der Waals surface area (Å²) >= 11 is 1.74. The Morgan fingerprint density at radius 2 is 1.21 bits per heavy atom. The van der Waals surface area contributed by atoms with Gasteiger partial charge in [-0.15, -0.1) is 11.8 Å². The molecular weight excluding hydrogens is 424 g/mol. The summed E-state index contributed by atoms with van der Waals surface area (Å²) in [5.74, 6) is 1.22. The summed E-state index contributed by atoms with van der Waals surface area (Å²) in [6.45, 7) is 6.22. The number of nitrogens with zero attached hydrogens (tertiary/aromatic N) is 2. The van der Waals surface area contributed by atoms with Crippen LogP contribution in [0.15, 0.2) is 95.9 Å². The number of piperazine rings is 1. The normalized spacial score (nSPS) is 16.2. The molecular formula is C29H36N2OS. The zero-order chi connectivity index (χ0) is 22.7. The second kappa shape index (κ2) is 13.0. The van der Waals surface area contributed by atoms with Crippen molar-refractivity contribution in [1.29, 1.82) is 0 Å². The van der Waals surface area contributed by atoms with E-state index >= 15 is 0 Å². The van der Waals surface area contributed by atoms with Crippen molar-refractivity contribution in [2.75, 3.05) is 45.0 Å². The smallest absolute Gasteiger partial charge is 0.0760 e. The van der Waals surface area contributed by atoms with Crippen molar-refractivity contribution in [2.45, 2.75) is 29.8 Å². The van der Waals surface area contributed by atoms with E-state index in [0.717, 1.165) is 45.0 Å². The molecule has 1 aliphatic rings. The monoisotopic (exact) mass is 460 g/mol. The third-order valence-electron chi connectivity index (χ3n) is 6.49. The quantitative estimate of drug-likeness (QED) is 0.389. The Morgan fingerprint density at radius 3 is 1.79 bits per heavy atom. The van der Waals surface area contributed by atoms with Crippen molar-refractivity contribution >= 4 is 11.8 Å². The fourth-order valence-electron chi connectivity index (χ4n) is 4.67. The van der Waals surface area contributed by atoms with Crippen LogP contribution in [-0.2, 0) is 0 Å². The Balaban J connectivity index is 1.18. The summed E-state index contributed by atoms with van der Waals surface area (Å²) in [5.41, 5.74) is 2.83. The summed E-state index contributed by atoms with van der Waals surface area (Å²) in [4.78, 5) is 6.24. The van der Waals surface area contributed by atoms with Gasteiger partial charge >= 0.3 is 0 Å². The van der Waals surface area contributed by atoms with Crippen molar-refractivity contribution in [3.8, 4) is 0 Å². The van der Waals surface area contributed by atoms with E-state index in [9.17, 15) is 5.11 Å². The first kappa shape index (κ1) is 24.0. The Kier molecular flexibility index (Phi) is 9.43. The van der Waals surface area contributed by atoms with Gasteiger partial charge in [0.2, 0.25) is 0 Å². The highest BCUT2D eigenvalue weighted by Gasteiger charge is 2.20. The summed E-state index contributed by atoms with van der Waals surface area (Å²) < 4.78 is 0. The first-order valence-corrected chi connectivity index (χ1v) is 13.2. The maximum atomic E-state index is 10.5. The molecule has 0 unspecified atom stereocenters. The van der Waals surface area contributed by atoms with E-state index in [4.69, 9.17) is 0 Å².